The maximum atomic E-state index is 13.8. The molecule has 0 fully saturated rings. The Labute approximate surface area is 136 Å². The molecule has 0 N–H and O–H groups in total. The predicted octanol–water partition coefficient (Wildman–Crippen LogP) is 4.72. The minimum atomic E-state index is -0.197. The van der Waals surface area contributed by atoms with Crippen LogP contribution in [0.4, 0.5) is 8.78 Å². The predicted molar refractivity (Wildman–Crippen MR) is 87.1 cm³/mol. The van der Waals surface area contributed by atoms with Gasteiger partial charge in [-0.3, -0.25) is 4.90 Å². The molecule has 3 rings (SSSR count). The molecule has 1 atom stereocenters. The first-order valence-corrected chi connectivity index (χ1v) is 7.38. The van der Waals surface area contributed by atoms with Crippen molar-refractivity contribution in [1.29, 1.82) is 0 Å². The van der Waals surface area contributed by atoms with E-state index in [0.29, 0.717) is 12.6 Å². The van der Waals surface area contributed by atoms with Crippen LogP contribution < -0.4 is 0 Å². The molecule has 0 bridgehead atoms. The first-order valence-electron chi connectivity index (χ1n) is 7.38. The highest BCUT2D eigenvalue weighted by atomic mass is 35.5. The van der Waals surface area contributed by atoms with Crippen molar-refractivity contribution in [2.75, 3.05) is 0 Å². The molecule has 0 aliphatic carbocycles. The molecule has 1 aliphatic rings. The molecular formula is C18H20ClF2N. The molecule has 0 aromatic heterocycles. The second kappa shape index (κ2) is 7.21. The monoisotopic (exact) mass is 323 g/mol. The van der Waals surface area contributed by atoms with Crippen LogP contribution in [0.25, 0.3) is 0 Å². The highest BCUT2D eigenvalue weighted by molar-refractivity contribution is 5.85. The minimum absolute atomic E-state index is 0. The second-order valence-electron chi connectivity index (χ2n) is 5.80. The van der Waals surface area contributed by atoms with Gasteiger partial charge in [-0.25, -0.2) is 8.78 Å². The van der Waals surface area contributed by atoms with Crippen LogP contribution in [0.5, 0.6) is 0 Å². The van der Waals surface area contributed by atoms with E-state index >= 15 is 0 Å². The van der Waals surface area contributed by atoms with E-state index < -0.39 is 0 Å². The van der Waals surface area contributed by atoms with Crippen LogP contribution in [0.15, 0.2) is 42.5 Å². The van der Waals surface area contributed by atoms with E-state index in [1.807, 2.05) is 18.2 Å². The zero-order chi connectivity index (χ0) is 14.8. The fraction of sp³-hybridized carbons (Fsp3) is 0.333. The van der Waals surface area contributed by atoms with Crippen LogP contribution in [-0.4, -0.2) is 10.9 Å². The number of hydrogen-bond acceptors (Lipinski definition) is 1. The van der Waals surface area contributed by atoms with Gasteiger partial charge in [0.1, 0.15) is 11.6 Å². The van der Waals surface area contributed by atoms with Crippen molar-refractivity contribution in [2.24, 2.45) is 0 Å². The third-order valence-electron chi connectivity index (χ3n) is 4.34. The molecule has 0 spiro atoms. The van der Waals surface area contributed by atoms with E-state index in [2.05, 4.69) is 11.8 Å². The summed E-state index contributed by atoms with van der Waals surface area (Å²) in [6, 6.07) is 12.4. The molecule has 0 saturated carbocycles. The number of halogens is 3. The highest BCUT2D eigenvalue weighted by Crippen LogP contribution is 2.27. The summed E-state index contributed by atoms with van der Waals surface area (Å²) in [6.07, 6.45) is 1.90. The fourth-order valence-corrected chi connectivity index (χ4v) is 2.93. The summed E-state index contributed by atoms with van der Waals surface area (Å²) in [5.41, 5.74) is 3.08. The summed E-state index contributed by atoms with van der Waals surface area (Å²) in [5.74, 6) is -0.294. The molecule has 4 heteroatoms. The van der Waals surface area contributed by atoms with Gasteiger partial charge in [-0.1, -0.05) is 24.3 Å². The molecule has 1 aliphatic heterocycles. The molecule has 0 amide bonds. The lowest BCUT2D eigenvalue weighted by Crippen LogP contribution is -2.28. The van der Waals surface area contributed by atoms with Gasteiger partial charge < -0.3 is 0 Å². The normalized spacial score (nSPS) is 15.2. The fourth-order valence-electron chi connectivity index (χ4n) is 2.93. The molecular weight excluding hydrogens is 304 g/mol. The molecule has 1 nitrogen and oxygen atoms in total. The maximum Gasteiger partial charge on any atom is 0.128 e. The lowest BCUT2D eigenvalue weighted by atomic mass is 10.1. The van der Waals surface area contributed by atoms with Gasteiger partial charge in [0, 0.05) is 24.7 Å². The van der Waals surface area contributed by atoms with Crippen molar-refractivity contribution in [3.8, 4) is 0 Å². The highest BCUT2D eigenvalue weighted by Gasteiger charge is 2.25. The van der Waals surface area contributed by atoms with Crippen LogP contribution >= 0.6 is 12.4 Å². The van der Waals surface area contributed by atoms with Gasteiger partial charge in [-0.15, -0.1) is 12.4 Å². The van der Waals surface area contributed by atoms with Gasteiger partial charge in [-0.2, -0.15) is 0 Å². The smallest absolute Gasteiger partial charge is 0.128 e. The van der Waals surface area contributed by atoms with Crippen LogP contribution in [0.3, 0.4) is 0 Å². The zero-order valence-electron chi connectivity index (χ0n) is 12.6. The van der Waals surface area contributed by atoms with E-state index in [1.54, 1.807) is 6.07 Å². The van der Waals surface area contributed by atoms with E-state index in [-0.39, 0.29) is 24.0 Å². The van der Waals surface area contributed by atoms with Crippen LogP contribution in [0.1, 0.15) is 30.0 Å². The van der Waals surface area contributed by atoms with Crippen molar-refractivity contribution < 1.29 is 8.78 Å². The summed E-state index contributed by atoms with van der Waals surface area (Å²) in [5, 5.41) is 0. The molecule has 2 aromatic carbocycles. The largest absolute Gasteiger partial charge is 0.292 e. The molecule has 118 valence electrons. The van der Waals surface area contributed by atoms with Crippen molar-refractivity contribution in [3.05, 3.63) is 70.8 Å². The van der Waals surface area contributed by atoms with E-state index in [9.17, 15) is 8.78 Å². The van der Waals surface area contributed by atoms with Crippen molar-refractivity contribution in [1.82, 2.24) is 4.90 Å². The van der Waals surface area contributed by atoms with E-state index in [1.165, 1.54) is 18.2 Å². The summed E-state index contributed by atoms with van der Waals surface area (Å²) in [6.45, 7) is 3.68. The lowest BCUT2D eigenvalue weighted by Gasteiger charge is -2.23. The van der Waals surface area contributed by atoms with Crippen LogP contribution in [0, 0.1) is 11.6 Å². The number of aryl methyl sites for hydroxylation is 1. The van der Waals surface area contributed by atoms with Gasteiger partial charge >= 0.3 is 0 Å². The quantitative estimate of drug-likeness (QED) is 0.786. The Hall–Kier alpha value is -1.45. The van der Waals surface area contributed by atoms with Crippen molar-refractivity contribution in [3.63, 3.8) is 0 Å². The summed E-state index contributed by atoms with van der Waals surface area (Å²) >= 11 is 0. The average molecular weight is 324 g/mol. The van der Waals surface area contributed by atoms with Crippen LogP contribution in [0.2, 0.25) is 0 Å². The van der Waals surface area contributed by atoms with Gasteiger partial charge in [0.15, 0.2) is 0 Å². The Bertz CT molecular complexity index is 627. The summed E-state index contributed by atoms with van der Waals surface area (Å²) < 4.78 is 26.6. The Morgan fingerprint density at radius 1 is 1.05 bits per heavy atom. The standard InChI is InChI=1S/C18H19F2N.ClH/c1-13(5-6-14-7-9-16(19)10-8-14)21-11-15-3-2-4-18(20)17(15)12-21;/h2-4,7-10,13H,5-6,11-12H2,1H3;1H/t13-;/m1./s1. The van der Waals surface area contributed by atoms with Crippen LogP contribution in [-0.2, 0) is 19.5 Å². The Morgan fingerprint density at radius 3 is 2.45 bits per heavy atom. The molecule has 22 heavy (non-hydrogen) atoms. The number of rotatable bonds is 4. The Morgan fingerprint density at radius 2 is 1.77 bits per heavy atom. The summed E-state index contributed by atoms with van der Waals surface area (Å²) in [4.78, 5) is 2.30. The third kappa shape index (κ3) is 3.65. The van der Waals surface area contributed by atoms with E-state index in [4.69, 9.17) is 0 Å². The first kappa shape index (κ1) is 16.9. The lowest BCUT2D eigenvalue weighted by molar-refractivity contribution is 0.202. The van der Waals surface area contributed by atoms with Crippen molar-refractivity contribution >= 4 is 12.4 Å². The average Bonchev–Trinajstić information content (AvgIpc) is 2.92. The van der Waals surface area contributed by atoms with Crippen molar-refractivity contribution in [2.45, 2.75) is 38.9 Å². The number of benzene rings is 2. The molecule has 0 unspecified atom stereocenters. The Kier molecular flexibility index (Phi) is 5.54. The Balaban J connectivity index is 0.00000176. The van der Waals surface area contributed by atoms with Gasteiger partial charge in [0.25, 0.3) is 0 Å². The molecule has 2 aromatic rings. The molecule has 0 saturated heterocycles. The van der Waals surface area contributed by atoms with Gasteiger partial charge in [0.2, 0.25) is 0 Å². The van der Waals surface area contributed by atoms with E-state index in [0.717, 1.165) is 36.1 Å². The first-order chi connectivity index (χ1) is 10.1. The topological polar surface area (TPSA) is 3.24 Å². The van der Waals surface area contributed by atoms with Gasteiger partial charge in [0.05, 0.1) is 0 Å². The molecule has 1 heterocycles. The molecule has 0 radical (unpaired) electrons. The zero-order valence-corrected chi connectivity index (χ0v) is 13.4. The number of nitrogens with zero attached hydrogens (tertiary/aromatic N) is 1. The maximum absolute atomic E-state index is 13.8. The SMILES string of the molecule is C[C@H](CCc1ccc(F)cc1)N1Cc2cccc(F)c2C1.Cl. The summed E-state index contributed by atoms with van der Waals surface area (Å²) in [7, 11) is 0. The number of hydrogen-bond donors (Lipinski definition) is 0. The third-order valence-corrected chi connectivity index (χ3v) is 4.34. The van der Waals surface area contributed by atoms with Gasteiger partial charge in [-0.05, 0) is 49.1 Å². The second-order valence-corrected chi connectivity index (χ2v) is 5.80. The minimum Gasteiger partial charge on any atom is -0.292 e. The number of fused-ring (bicyclic) bond motifs is 1.